The number of hydrogen-bond donors (Lipinski definition) is 0. The van der Waals surface area contributed by atoms with Crippen molar-refractivity contribution in [1.82, 2.24) is 9.88 Å². The van der Waals surface area contributed by atoms with Crippen LogP contribution in [0.4, 0.5) is 5.82 Å². The van der Waals surface area contributed by atoms with Gasteiger partial charge in [-0.05, 0) is 29.8 Å². The summed E-state index contributed by atoms with van der Waals surface area (Å²) in [5, 5.41) is 1.29. The SMILES string of the molecule is CN1CCN(c2nc3ccccc3c3c2Cc2ccccc2-3)CC1. The Balaban J connectivity index is 1.74. The summed E-state index contributed by atoms with van der Waals surface area (Å²) in [4.78, 5) is 9.96. The Morgan fingerprint density at radius 1 is 0.875 bits per heavy atom. The number of aromatic nitrogens is 1. The average Bonchev–Trinajstić information content (AvgIpc) is 3.02. The zero-order valence-electron chi connectivity index (χ0n) is 14.0. The van der Waals surface area contributed by atoms with E-state index < -0.39 is 0 Å². The van der Waals surface area contributed by atoms with E-state index in [1.165, 1.54) is 33.5 Å². The molecule has 0 amide bonds. The van der Waals surface area contributed by atoms with Crippen LogP contribution < -0.4 is 4.90 Å². The molecule has 3 aromatic rings. The molecule has 0 radical (unpaired) electrons. The van der Waals surface area contributed by atoms with E-state index in [2.05, 4.69) is 65.4 Å². The standard InChI is InChI=1S/C21H21N3/c1-23-10-12-24(13-11-23)21-18-14-15-6-2-3-7-16(15)20(18)17-8-4-5-9-19(17)22-21/h2-9H,10-14H2,1H3. The Morgan fingerprint density at radius 3 is 2.50 bits per heavy atom. The fourth-order valence-corrected chi connectivity index (χ4v) is 4.10. The summed E-state index contributed by atoms with van der Waals surface area (Å²) in [6.45, 7) is 4.34. The Bertz CT molecular complexity index is 924. The highest BCUT2D eigenvalue weighted by molar-refractivity contribution is 6.01. The third-order valence-corrected chi connectivity index (χ3v) is 5.43. The van der Waals surface area contributed by atoms with Crippen LogP contribution in [0.1, 0.15) is 11.1 Å². The lowest BCUT2D eigenvalue weighted by Crippen LogP contribution is -2.45. The molecule has 3 heteroatoms. The predicted molar refractivity (Wildman–Crippen MR) is 99.7 cm³/mol. The van der Waals surface area contributed by atoms with E-state index in [9.17, 15) is 0 Å². The largest absolute Gasteiger partial charge is 0.354 e. The van der Waals surface area contributed by atoms with Crippen molar-refractivity contribution < 1.29 is 0 Å². The molecule has 1 saturated heterocycles. The van der Waals surface area contributed by atoms with Gasteiger partial charge >= 0.3 is 0 Å². The number of pyridine rings is 1. The maximum absolute atomic E-state index is 5.09. The molecule has 0 atom stereocenters. The number of anilines is 1. The van der Waals surface area contributed by atoms with Gasteiger partial charge in [-0.25, -0.2) is 4.98 Å². The fraction of sp³-hybridized carbons (Fsp3) is 0.286. The van der Waals surface area contributed by atoms with Gasteiger partial charge in [-0.15, -0.1) is 0 Å². The van der Waals surface area contributed by atoms with Crippen molar-refractivity contribution in [3.05, 3.63) is 59.7 Å². The highest BCUT2D eigenvalue weighted by Crippen LogP contribution is 2.44. The molecule has 1 aliphatic carbocycles. The smallest absolute Gasteiger partial charge is 0.133 e. The summed E-state index contributed by atoms with van der Waals surface area (Å²) in [5.41, 5.74) is 6.76. The number of rotatable bonds is 1. The van der Waals surface area contributed by atoms with E-state index in [1.54, 1.807) is 0 Å². The van der Waals surface area contributed by atoms with Crippen molar-refractivity contribution in [2.24, 2.45) is 0 Å². The van der Waals surface area contributed by atoms with Crippen molar-refractivity contribution in [1.29, 1.82) is 0 Å². The first kappa shape index (κ1) is 14.0. The highest BCUT2D eigenvalue weighted by Gasteiger charge is 2.28. The first-order chi connectivity index (χ1) is 11.8. The third kappa shape index (κ3) is 2.05. The first-order valence-corrected chi connectivity index (χ1v) is 8.74. The monoisotopic (exact) mass is 315 g/mol. The van der Waals surface area contributed by atoms with Gasteiger partial charge in [0.1, 0.15) is 5.82 Å². The van der Waals surface area contributed by atoms with Crippen molar-refractivity contribution >= 4 is 16.7 Å². The van der Waals surface area contributed by atoms with Gasteiger partial charge in [0, 0.05) is 43.5 Å². The molecular formula is C21H21N3. The summed E-state index contributed by atoms with van der Waals surface area (Å²) in [6.07, 6.45) is 1.00. The topological polar surface area (TPSA) is 19.4 Å². The van der Waals surface area contributed by atoms with Gasteiger partial charge in [0.2, 0.25) is 0 Å². The summed E-state index contributed by atoms with van der Waals surface area (Å²) < 4.78 is 0. The van der Waals surface area contributed by atoms with E-state index in [0.29, 0.717) is 0 Å². The maximum atomic E-state index is 5.09. The van der Waals surface area contributed by atoms with Crippen LogP contribution in [0.3, 0.4) is 0 Å². The number of benzene rings is 2. The minimum Gasteiger partial charge on any atom is -0.354 e. The molecule has 24 heavy (non-hydrogen) atoms. The normalized spacial score (nSPS) is 17.1. The van der Waals surface area contributed by atoms with Gasteiger partial charge in [-0.2, -0.15) is 0 Å². The van der Waals surface area contributed by atoms with Gasteiger partial charge in [0.25, 0.3) is 0 Å². The van der Waals surface area contributed by atoms with Gasteiger partial charge < -0.3 is 9.80 Å². The molecule has 0 spiro atoms. The Kier molecular flexibility index (Phi) is 3.10. The number of fused-ring (bicyclic) bond motifs is 5. The molecule has 2 aliphatic rings. The Hall–Kier alpha value is -2.39. The van der Waals surface area contributed by atoms with E-state index in [4.69, 9.17) is 4.98 Å². The van der Waals surface area contributed by atoms with Crippen molar-refractivity contribution in [3.63, 3.8) is 0 Å². The first-order valence-electron chi connectivity index (χ1n) is 8.74. The summed E-state index contributed by atoms with van der Waals surface area (Å²) in [5.74, 6) is 1.20. The van der Waals surface area contributed by atoms with Crippen LogP contribution in [0.15, 0.2) is 48.5 Å². The van der Waals surface area contributed by atoms with Gasteiger partial charge in [0.05, 0.1) is 5.52 Å². The predicted octanol–water partition coefficient (Wildman–Crippen LogP) is 3.56. The van der Waals surface area contributed by atoms with Crippen molar-refractivity contribution in [2.45, 2.75) is 6.42 Å². The quantitative estimate of drug-likeness (QED) is 0.535. The van der Waals surface area contributed by atoms with E-state index in [0.717, 1.165) is 38.1 Å². The number of hydrogen-bond acceptors (Lipinski definition) is 3. The molecule has 0 bridgehead atoms. The lowest BCUT2D eigenvalue weighted by atomic mass is 10.0. The zero-order chi connectivity index (χ0) is 16.1. The molecule has 1 fully saturated rings. The number of likely N-dealkylation sites (N-methyl/N-ethyl adjacent to an activating group) is 1. The third-order valence-electron chi connectivity index (χ3n) is 5.43. The van der Waals surface area contributed by atoms with Gasteiger partial charge in [0.15, 0.2) is 0 Å². The lowest BCUT2D eigenvalue weighted by Gasteiger charge is -2.34. The zero-order valence-corrected chi connectivity index (χ0v) is 14.0. The van der Waals surface area contributed by atoms with Gasteiger partial charge in [-0.1, -0.05) is 42.5 Å². The number of piperazine rings is 1. The molecule has 3 nitrogen and oxygen atoms in total. The van der Waals surface area contributed by atoms with Crippen LogP contribution in [0.5, 0.6) is 0 Å². The number of para-hydroxylation sites is 1. The summed E-state index contributed by atoms with van der Waals surface area (Å²) in [7, 11) is 2.20. The lowest BCUT2D eigenvalue weighted by molar-refractivity contribution is 0.312. The molecule has 2 heterocycles. The van der Waals surface area contributed by atoms with Crippen LogP contribution in [0, 0.1) is 0 Å². The molecule has 120 valence electrons. The second-order valence-corrected chi connectivity index (χ2v) is 6.93. The van der Waals surface area contributed by atoms with Crippen LogP contribution in [0.2, 0.25) is 0 Å². The van der Waals surface area contributed by atoms with E-state index >= 15 is 0 Å². The van der Waals surface area contributed by atoms with Crippen LogP contribution in [0.25, 0.3) is 22.0 Å². The Morgan fingerprint density at radius 2 is 1.62 bits per heavy atom. The Labute approximate surface area is 142 Å². The van der Waals surface area contributed by atoms with Crippen molar-refractivity contribution in [3.8, 4) is 11.1 Å². The minimum atomic E-state index is 1.00. The molecular weight excluding hydrogens is 294 g/mol. The fourth-order valence-electron chi connectivity index (χ4n) is 4.10. The molecule has 2 aromatic carbocycles. The van der Waals surface area contributed by atoms with E-state index in [1.807, 2.05) is 0 Å². The molecule has 5 rings (SSSR count). The van der Waals surface area contributed by atoms with Crippen LogP contribution in [-0.2, 0) is 6.42 Å². The average molecular weight is 315 g/mol. The minimum absolute atomic E-state index is 1.00. The summed E-state index contributed by atoms with van der Waals surface area (Å²) >= 11 is 0. The number of nitrogens with zero attached hydrogens (tertiary/aromatic N) is 3. The highest BCUT2D eigenvalue weighted by atomic mass is 15.3. The molecule has 0 unspecified atom stereocenters. The van der Waals surface area contributed by atoms with Crippen LogP contribution in [-0.4, -0.2) is 43.1 Å². The van der Waals surface area contributed by atoms with Crippen molar-refractivity contribution in [2.75, 3.05) is 38.1 Å². The summed E-state index contributed by atoms with van der Waals surface area (Å²) in [6, 6.07) is 17.4. The molecule has 0 saturated carbocycles. The van der Waals surface area contributed by atoms with Gasteiger partial charge in [-0.3, -0.25) is 0 Å². The maximum Gasteiger partial charge on any atom is 0.133 e. The second kappa shape index (κ2) is 5.32. The molecule has 1 aromatic heterocycles. The van der Waals surface area contributed by atoms with Crippen LogP contribution >= 0.6 is 0 Å². The molecule has 0 N–H and O–H groups in total. The second-order valence-electron chi connectivity index (χ2n) is 6.93. The van der Waals surface area contributed by atoms with E-state index in [-0.39, 0.29) is 0 Å². The molecule has 1 aliphatic heterocycles.